The summed E-state index contributed by atoms with van der Waals surface area (Å²) < 4.78 is 26.8. The predicted octanol–water partition coefficient (Wildman–Crippen LogP) is 3.88. The van der Waals surface area contributed by atoms with Gasteiger partial charge in [0.25, 0.3) is 5.91 Å². The summed E-state index contributed by atoms with van der Waals surface area (Å²) in [6, 6.07) is 5.07. The molecule has 6 heteroatoms. The number of benzene rings is 1. The number of amides is 1. The van der Waals surface area contributed by atoms with Gasteiger partial charge in [-0.2, -0.15) is 0 Å². The number of carbonyl (C=O) groups excluding carboxylic acids is 1. The lowest BCUT2D eigenvalue weighted by Crippen LogP contribution is -2.35. The molecule has 1 aromatic heterocycles. The Bertz CT molecular complexity index is 686. The lowest BCUT2D eigenvalue weighted by Gasteiger charge is -2.27. The molecule has 0 spiro atoms. The first kappa shape index (κ1) is 13.5. The largest absolute Gasteiger partial charge is 0.334 e. The Labute approximate surface area is 123 Å². The van der Waals surface area contributed by atoms with Crippen molar-refractivity contribution in [1.82, 2.24) is 4.90 Å². The van der Waals surface area contributed by atoms with Crippen molar-refractivity contribution in [2.75, 3.05) is 6.54 Å². The van der Waals surface area contributed by atoms with Crippen LogP contribution in [0.3, 0.4) is 0 Å². The Morgan fingerprint density at radius 1 is 1.25 bits per heavy atom. The highest BCUT2D eigenvalue weighted by molar-refractivity contribution is 7.16. The topological polar surface area (TPSA) is 20.3 Å². The summed E-state index contributed by atoms with van der Waals surface area (Å²) in [6.07, 6.45) is 0.738. The SMILES string of the molecule is O=C(c1ccc(F)c(F)c1)N1CCc2sc(Cl)cc2C1. The van der Waals surface area contributed by atoms with Crippen LogP contribution in [0.25, 0.3) is 0 Å². The van der Waals surface area contributed by atoms with Crippen LogP contribution in [0, 0.1) is 11.6 Å². The first-order valence-electron chi connectivity index (χ1n) is 6.06. The van der Waals surface area contributed by atoms with Gasteiger partial charge < -0.3 is 4.90 Å². The average Bonchev–Trinajstić information content (AvgIpc) is 2.80. The van der Waals surface area contributed by atoms with Gasteiger partial charge in [0.1, 0.15) is 0 Å². The van der Waals surface area contributed by atoms with Crippen molar-refractivity contribution in [1.29, 1.82) is 0 Å². The summed E-state index contributed by atoms with van der Waals surface area (Å²) in [5.74, 6) is -2.25. The number of thiophene rings is 1. The molecular formula is C14H10ClF2NOS. The van der Waals surface area contributed by atoms with Crippen LogP contribution in [0.1, 0.15) is 20.8 Å². The molecule has 0 aliphatic carbocycles. The molecule has 0 bridgehead atoms. The number of hydrogen-bond acceptors (Lipinski definition) is 2. The third-order valence-corrected chi connectivity index (χ3v) is 4.66. The smallest absolute Gasteiger partial charge is 0.254 e. The van der Waals surface area contributed by atoms with E-state index in [9.17, 15) is 13.6 Å². The molecular weight excluding hydrogens is 304 g/mol. The van der Waals surface area contributed by atoms with Crippen molar-refractivity contribution in [3.05, 3.63) is 56.2 Å². The highest BCUT2D eigenvalue weighted by Crippen LogP contribution is 2.31. The maximum absolute atomic E-state index is 13.2. The number of rotatable bonds is 1. The summed E-state index contributed by atoms with van der Waals surface area (Å²) in [5.41, 5.74) is 1.19. The second-order valence-electron chi connectivity index (χ2n) is 4.60. The van der Waals surface area contributed by atoms with Gasteiger partial charge in [0.15, 0.2) is 11.6 Å². The number of fused-ring (bicyclic) bond motifs is 1. The van der Waals surface area contributed by atoms with Gasteiger partial charge in [-0.15, -0.1) is 11.3 Å². The first-order valence-corrected chi connectivity index (χ1v) is 7.25. The fourth-order valence-corrected chi connectivity index (χ4v) is 3.58. The zero-order chi connectivity index (χ0) is 14.3. The molecule has 0 saturated heterocycles. The first-order chi connectivity index (χ1) is 9.54. The van der Waals surface area contributed by atoms with Gasteiger partial charge in [0.2, 0.25) is 0 Å². The molecule has 0 atom stereocenters. The van der Waals surface area contributed by atoms with Crippen LogP contribution in [0.5, 0.6) is 0 Å². The van der Waals surface area contributed by atoms with Gasteiger partial charge in [-0.25, -0.2) is 8.78 Å². The molecule has 20 heavy (non-hydrogen) atoms. The Kier molecular flexibility index (Phi) is 3.48. The second kappa shape index (κ2) is 5.14. The molecule has 0 unspecified atom stereocenters. The molecule has 0 saturated carbocycles. The van der Waals surface area contributed by atoms with Crippen molar-refractivity contribution < 1.29 is 13.6 Å². The highest BCUT2D eigenvalue weighted by Gasteiger charge is 2.24. The molecule has 2 aromatic rings. The van der Waals surface area contributed by atoms with E-state index in [-0.39, 0.29) is 11.5 Å². The second-order valence-corrected chi connectivity index (χ2v) is 6.37. The van der Waals surface area contributed by atoms with Crippen LogP contribution < -0.4 is 0 Å². The molecule has 2 heterocycles. The maximum atomic E-state index is 13.2. The lowest BCUT2D eigenvalue weighted by molar-refractivity contribution is 0.0735. The fraction of sp³-hybridized carbons (Fsp3) is 0.214. The van der Waals surface area contributed by atoms with Gasteiger partial charge in [-0.1, -0.05) is 11.6 Å². The summed E-state index contributed by atoms with van der Waals surface area (Å²) >= 11 is 7.48. The number of nitrogens with zero attached hydrogens (tertiary/aromatic N) is 1. The normalized spacial score (nSPS) is 14.2. The summed E-state index contributed by atoms with van der Waals surface area (Å²) in [5, 5.41) is 0. The van der Waals surface area contributed by atoms with Crippen LogP contribution in [-0.4, -0.2) is 17.4 Å². The third kappa shape index (κ3) is 2.43. The quantitative estimate of drug-likeness (QED) is 0.782. The molecule has 1 amide bonds. The van der Waals surface area contributed by atoms with Gasteiger partial charge in [0, 0.05) is 23.5 Å². The Morgan fingerprint density at radius 2 is 2.05 bits per heavy atom. The highest BCUT2D eigenvalue weighted by atomic mass is 35.5. The standard InChI is InChI=1S/C14H10ClF2NOS/c15-13-6-9-7-18(4-3-12(9)20-13)14(19)8-1-2-10(16)11(17)5-8/h1-2,5-6H,3-4,7H2. The monoisotopic (exact) mass is 313 g/mol. The minimum atomic E-state index is -1.01. The number of hydrogen-bond donors (Lipinski definition) is 0. The summed E-state index contributed by atoms with van der Waals surface area (Å²) in [7, 11) is 0. The van der Waals surface area contributed by atoms with Crippen molar-refractivity contribution >= 4 is 28.8 Å². The maximum Gasteiger partial charge on any atom is 0.254 e. The van der Waals surface area contributed by atoms with Gasteiger partial charge >= 0.3 is 0 Å². The lowest BCUT2D eigenvalue weighted by atomic mass is 10.1. The van der Waals surface area contributed by atoms with Crippen molar-refractivity contribution in [3.63, 3.8) is 0 Å². The Morgan fingerprint density at radius 3 is 2.80 bits per heavy atom. The number of carbonyl (C=O) groups is 1. The van der Waals surface area contributed by atoms with E-state index in [1.54, 1.807) is 4.90 Å². The molecule has 1 aliphatic heterocycles. The van der Waals surface area contributed by atoms with Crippen molar-refractivity contribution in [3.8, 4) is 0 Å². The van der Waals surface area contributed by atoms with E-state index in [0.29, 0.717) is 17.4 Å². The zero-order valence-electron chi connectivity index (χ0n) is 10.3. The molecule has 104 valence electrons. The molecule has 3 rings (SSSR count). The Hall–Kier alpha value is -1.46. The van der Waals surface area contributed by atoms with Gasteiger partial charge in [0.05, 0.1) is 4.34 Å². The van der Waals surface area contributed by atoms with Gasteiger partial charge in [-0.05, 0) is 36.2 Å². The minimum Gasteiger partial charge on any atom is -0.334 e. The summed E-state index contributed by atoms with van der Waals surface area (Å²) in [4.78, 5) is 15.1. The van der Waals surface area contributed by atoms with E-state index < -0.39 is 11.6 Å². The third-order valence-electron chi connectivity index (χ3n) is 3.29. The number of halogens is 3. The molecule has 2 nitrogen and oxygen atoms in total. The molecule has 1 aromatic carbocycles. The zero-order valence-corrected chi connectivity index (χ0v) is 11.9. The minimum absolute atomic E-state index is 0.161. The predicted molar refractivity (Wildman–Crippen MR) is 74.1 cm³/mol. The van der Waals surface area contributed by atoms with E-state index in [1.165, 1.54) is 22.3 Å². The van der Waals surface area contributed by atoms with E-state index in [4.69, 9.17) is 11.6 Å². The fourth-order valence-electron chi connectivity index (χ4n) is 2.28. The molecule has 0 N–H and O–H groups in total. The van der Waals surface area contributed by atoms with Gasteiger partial charge in [-0.3, -0.25) is 4.79 Å². The van der Waals surface area contributed by atoms with E-state index in [1.807, 2.05) is 6.07 Å². The van der Waals surface area contributed by atoms with Crippen molar-refractivity contribution in [2.24, 2.45) is 0 Å². The summed E-state index contributed by atoms with van der Waals surface area (Å²) in [6.45, 7) is 1.01. The molecule has 1 aliphatic rings. The van der Waals surface area contributed by atoms with E-state index >= 15 is 0 Å². The average molecular weight is 314 g/mol. The van der Waals surface area contributed by atoms with Crippen LogP contribution >= 0.6 is 22.9 Å². The van der Waals surface area contributed by atoms with E-state index in [0.717, 1.165) is 24.1 Å². The molecule has 0 radical (unpaired) electrons. The van der Waals surface area contributed by atoms with Crippen LogP contribution in [0.15, 0.2) is 24.3 Å². The van der Waals surface area contributed by atoms with Crippen LogP contribution in [0.4, 0.5) is 8.78 Å². The van der Waals surface area contributed by atoms with E-state index in [2.05, 4.69) is 0 Å². The van der Waals surface area contributed by atoms with Crippen LogP contribution in [-0.2, 0) is 13.0 Å². The Balaban J connectivity index is 1.83. The van der Waals surface area contributed by atoms with Crippen LogP contribution in [0.2, 0.25) is 4.34 Å². The molecule has 0 fully saturated rings. The van der Waals surface area contributed by atoms with Crippen molar-refractivity contribution in [2.45, 2.75) is 13.0 Å².